The normalized spacial score (nSPS) is 10.9. The zero-order valence-electron chi connectivity index (χ0n) is 16.4. The third kappa shape index (κ3) is 5.88. The zero-order valence-corrected chi connectivity index (χ0v) is 16.4. The molecular formula is C21H25FN4O2. The van der Waals surface area contributed by atoms with E-state index in [4.69, 9.17) is 14.7 Å². The molecule has 0 unspecified atom stereocenters. The number of nitrogens with zero attached hydrogens (tertiary/aromatic N) is 2. The third-order valence-corrected chi connectivity index (χ3v) is 4.08. The van der Waals surface area contributed by atoms with Crippen molar-refractivity contribution < 1.29 is 13.9 Å². The monoisotopic (exact) mass is 384 g/mol. The summed E-state index contributed by atoms with van der Waals surface area (Å²) in [6.45, 7) is 3.43. The molecule has 0 saturated carbocycles. The Balaban J connectivity index is 1.99. The largest absolute Gasteiger partial charge is 0.493 e. The fourth-order valence-corrected chi connectivity index (χ4v) is 2.63. The van der Waals surface area contributed by atoms with Gasteiger partial charge in [0, 0.05) is 18.7 Å². The first kappa shape index (κ1) is 21.0. The van der Waals surface area contributed by atoms with Crippen LogP contribution in [0.2, 0.25) is 0 Å². The van der Waals surface area contributed by atoms with Crippen LogP contribution in [0, 0.1) is 17.1 Å². The van der Waals surface area contributed by atoms with E-state index in [1.807, 2.05) is 31.2 Å². The molecule has 2 aromatic carbocycles. The van der Waals surface area contributed by atoms with E-state index < -0.39 is 0 Å². The summed E-state index contributed by atoms with van der Waals surface area (Å²) in [5.41, 5.74) is 1.89. The van der Waals surface area contributed by atoms with Crippen molar-refractivity contribution in [3.8, 4) is 17.6 Å². The Morgan fingerprint density at radius 2 is 1.89 bits per heavy atom. The predicted octanol–water partition coefficient (Wildman–Crippen LogP) is 3.01. The number of rotatable bonds is 8. The van der Waals surface area contributed by atoms with Crippen LogP contribution in [0.15, 0.2) is 41.4 Å². The molecule has 2 aromatic rings. The molecule has 0 saturated heterocycles. The molecule has 0 bridgehead atoms. The Morgan fingerprint density at radius 1 is 1.11 bits per heavy atom. The van der Waals surface area contributed by atoms with Gasteiger partial charge < -0.3 is 20.1 Å². The highest BCUT2D eigenvalue weighted by Gasteiger charge is 2.06. The van der Waals surface area contributed by atoms with Crippen LogP contribution < -0.4 is 20.1 Å². The molecule has 0 heterocycles. The van der Waals surface area contributed by atoms with E-state index in [-0.39, 0.29) is 12.4 Å². The second-order valence-corrected chi connectivity index (χ2v) is 5.98. The van der Waals surface area contributed by atoms with E-state index in [0.29, 0.717) is 41.7 Å². The molecule has 0 radical (unpaired) electrons. The number of aliphatic imine (C=N–C) groups is 1. The van der Waals surface area contributed by atoms with Crippen LogP contribution in [0.25, 0.3) is 0 Å². The van der Waals surface area contributed by atoms with Crippen LogP contribution in [-0.2, 0) is 13.0 Å². The van der Waals surface area contributed by atoms with Gasteiger partial charge in [0.05, 0.1) is 32.4 Å². The topological polar surface area (TPSA) is 78.7 Å². The number of ether oxygens (including phenoxy) is 2. The molecule has 0 spiro atoms. The SMILES string of the molecule is CCNC(=NCc1cc(C#N)ccc1F)NCCc1ccc(OC)c(OC)c1. The minimum atomic E-state index is -0.371. The van der Waals surface area contributed by atoms with E-state index in [1.165, 1.54) is 18.2 Å². The van der Waals surface area contributed by atoms with Gasteiger partial charge in [0.25, 0.3) is 0 Å². The van der Waals surface area contributed by atoms with Crippen LogP contribution in [0.1, 0.15) is 23.6 Å². The average molecular weight is 384 g/mol. The lowest BCUT2D eigenvalue weighted by molar-refractivity contribution is 0.354. The van der Waals surface area contributed by atoms with Crippen LogP contribution in [0.3, 0.4) is 0 Å². The molecule has 2 rings (SSSR count). The summed E-state index contributed by atoms with van der Waals surface area (Å²) >= 11 is 0. The smallest absolute Gasteiger partial charge is 0.191 e. The van der Waals surface area contributed by atoms with Gasteiger partial charge in [-0.15, -0.1) is 0 Å². The summed E-state index contributed by atoms with van der Waals surface area (Å²) in [6, 6.07) is 12.1. The highest BCUT2D eigenvalue weighted by molar-refractivity contribution is 5.79. The number of nitrogens with one attached hydrogen (secondary N) is 2. The Bertz CT molecular complexity index is 862. The van der Waals surface area contributed by atoms with E-state index in [1.54, 1.807) is 14.2 Å². The molecule has 28 heavy (non-hydrogen) atoms. The van der Waals surface area contributed by atoms with Crippen molar-refractivity contribution in [2.75, 3.05) is 27.3 Å². The minimum Gasteiger partial charge on any atom is -0.493 e. The van der Waals surface area contributed by atoms with E-state index in [9.17, 15) is 4.39 Å². The minimum absolute atomic E-state index is 0.146. The molecule has 0 aliphatic heterocycles. The van der Waals surface area contributed by atoms with Gasteiger partial charge in [-0.3, -0.25) is 0 Å². The van der Waals surface area contributed by atoms with Crippen LogP contribution in [-0.4, -0.2) is 33.3 Å². The number of hydrogen-bond acceptors (Lipinski definition) is 4. The first-order valence-electron chi connectivity index (χ1n) is 9.02. The molecule has 0 atom stereocenters. The lowest BCUT2D eigenvalue weighted by Gasteiger charge is -2.13. The molecule has 2 N–H and O–H groups in total. The Hall–Kier alpha value is -3.27. The zero-order chi connectivity index (χ0) is 20.4. The summed E-state index contributed by atoms with van der Waals surface area (Å²) in [5, 5.41) is 15.3. The Kier molecular flexibility index (Phi) is 8.10. The van der Waals surface area contributed by atoms with Gasteiger partial charge >= 0.3 is 0 Å². The Morgan fingerprint density at radius 3 is 2.57 bits per heavy atom. The highest BCUT2D eigenvalue weighted by atomic mass is 19.1. The van der Waals surface area contributed by atoms with Crippen molar-refractivity contribution in [1.82, 2.24) is 10.6 Å². The number of methoxy groups -OCH3 is 2. The van der Waals surface area contributed by atoms with Gasteiger partial charge in [0.15, 0.2) is 17.5 Å². The summed E-state index contributed by atoms with van der Waals surface area (Å²) in [6.07, 6.45) is 0.753. The maximum absolute atomic E-state index is 13.9. The number of hydrogen-bond donors (Lipinski definition) is 2. The van der Waals surface area contributed by atoms with Gasteiger partial charge in [-0.05, 0) is 49.2 Å². The van der Waals surface area contributed by atoms with Gasteiger partial charge in [-0.2, -0.15) is 5.26 Å². The molecule has 7 heteroatoms. The standard InChI is InChI=1S/C21H25FN4O2/c1-4-24-21(26-14-17-11-16(13-23)5-7-18(17)22)25-10-9-15-6-8-19(27-2)20(12-15)28-3/h5-8,11-12H,4,9-10,14H2,1-3H3,(H2,24,25,26). The number of halogens is 1. The van der Waals surface area contributed by atoms with Gasteiger partial charge in [-0.1, -0.05) is 6.07 Å². The van der Waals surface area contributed by atoms with Crippen molar-refractivity contribution in [2.45, 2.75) is 19.9 Å². The van der Waals surface area contributed by atoms with Crippen molar-refractivity contribution in [1.29, 1.82) is 5.26 Å². The summed E-state index contributed by atoms with van der Waals surface area (Å²) in [7, 11) is 3.21. The van der Waals surface area contributed by atoms with E-state index >= 15 is 0 Å². The highest BCUT2D eigenvalue weighted by Crippen LogP contribution is 2.27. The quantitative estimate of drug-likeness (QED) is 0.540. The van der Waals surface area contributed by atoms with Crippen molar-refractivity contribution in [3.63, 3.8) is 0 Å². The maximum atomic E-state index is 13.9. The molecule has 0 aliphatic carbocycles. The Labute approximate surface area is 165 Å². The van der Waals surface area contributed by atoms with Crippen LogP contribution in [0.5, 0.6) is 11.5 Å². The number of benzene rings is 2. The second kappa shape index (κ2) is 10.8. The summed E-state index contributed by atoms with van der Waals surface area (Å²) in [4.78, 5) is 4.41. The molecule has 6 nitrogen and oxygen atoms in total. The molecule has 0 amide bonds. The number of guanidine groups is 1. The van der Waals surface area contributed by atoms with Crippen molar-refractivity contribution in [2.24, 2.45) is 4.99 Å². The fraction of sp³-hybridized carbons (Fsp3) is 0.333. The second-order valence-electron chi connectivity index (χ2n) is 5.98. The predicted molar refractivity (Wildman–Crippen MR) is 107 cm³/mol. The first-order chi connectivity index (χ1) is 13.6. The van der Waals surface area contributed by atoms with Crippen LogP contribution >= 0.6 is 0 Å². The molecule has 148 valence electrons. The fourth-order valence-electron chi connectivity index (χ4n) is 2.63. The lowest BCUT2D eigenvalue weighted by Crippen LogP contribution is -2.38. The van der Waals surface area contributed by atoms with E-state index in [0.717, 1.165) is 12.0 Å². The van der Waals surface area contributed by atoms with Gasteiger partial charge in [0.2, 0.25) is 0 Å². The first-order valence-corrected chi connectivity index (χ1v) is 9.02. The molecule has 0 fully saturated rings. The van der Waals surface area contributed by atoms with Crippen LogP contribution in [0.4, 0.5) is 4.39 Å². The summed E-state index contributed by atoms with van der Waals surface area (Å²) in [5.74, 6) is 1.60. The summed E-state index contributed by atoms with van der Waals surface area (Å²) < 4.78 is 24.5. The third-order valence-electron chi connectivity index (χ3n) is 4.08. The molecule has 0 aliphatic rings. The molecular weight excluding hydrogens is 359 g/mol. The maximum Gasteiger partial charge on any atom is 0.191 e. The average Bonchev–Trinajstić information content (AvgIpc) is 2.72. The van der Waals surface area contributed by atoms with Gasteiger partial charge in [-0.25, -0.2) is 9.38 Å². The number of nitriles is 1. The van der Waals surface area contributed by atoms with Crippen molar-refractivity contribution in [3.05, 3.63) is 58.9 Å². The van der Waals surface area contributed by atoms with E-state index in [2.05, 4.69) is 15.6 Å². The van der Waals surface area contributed by atoms with Gasteiger partial charge in [0.1, 0.15) is 5.82 Å². The molecule has 0 aromatic heterocycles. The lowest BCUT2D eigenvalue weighted by atomic mass is 10.1. The van der Waals surface area contributed by atoms with Crippen molar-refractivity contribution >= 4 is 5.96 Å².